The quantitative estimate of drug-likeness (QED) is 0.529. The third-order valence-corrected chi connectivity index (χ3v) is 2.15. The molecule has 0 N–H and O–H groups in total. The molecule has 0 aliphatic carbocycles. The molecule has 0 nitrogen and oxygen atoms in total. The average Bonchev–Trinajstić information content (AvgIpc) is 1.65. The van der Waals surface area contributed by atoms with Gasteiger partial charge in [-0.3, -0.25) is 0 Å². The predicted molar refractivity (Wildman–Crippen MR) is 37.9 cm³/mol. The smallest absolute Gasteiger partial charge is 0.00372 e. The number of thiol groups is 1. The number of hydrogen-bond donors (Lipinski definition) is 1. The van der Waals surface area contributed by atoms with E-state index in [0.717, 1.165) is 5.92 Å². The predicted octanol–water partition coefficient (Wildman–Crippen LogP) is 2.35. The Morgan fingerprint density at radius 2 is 1.86 bits per heavy atom. The molecular formula is C6H14S. The normalized spacial score (nSPS) is 15.0. The maximum atomic E-state index is 4.32. The molecule has 1 heteroatoms. The van der Waals surface area contributed by atoms with Gasteiger partial charge in [-0.05, 0) is 12.3 Å². The van der Waals surface area contributed by atoms with Crippen molar-refractivity contribution < 1.29 is 0 Å². The first-order valence-corrected chi connectivity index (χ1v) is 3.38. The fraction of sp³-hybridized carbons (Fsp3) is 1.00. The van der Waals surface area contributed by atoms with E-state index in [1.54, 1.807) is 0 Å². The zero-order valence-corrected chi connectivity index (χ0v) is 6.20. The van der Waals surface area contributed by atoms with Crippen molar-refractivity contribution in [3.63, 3.8) is 0 Å². The molecule has 0 radical (unpaired) electrons. The van der Waals surface area contributed by atoms with Crippen molar-refractivity contribution in [3.8, 4) is 0 Å². The maximum Gasteiger partial charge on any atom is 0.00372 e. The van der Waals surface area contributed by atoms with Crippen LogP contribution in [0.25, 0.3) is 0 Å². The van der Waals surface area contributed by atoms with Crippen LogP contribution in [0, 0.1) is 5.92 Å². The average molecular weight is 118 g/mol. The molecule has 44 valence electrons. The summed E-state index contributed by atoms with van der Waals surface area (Å²) < 4.78 is 0. The summed E-state index contributed by atoms with van der Waals surface area (Å²) in [6, 6.07) is 0. The molecule has 0 aromatic heterocycles. The minimum atomic E-state index is 0.597. The highest BCUT2D eigenvalue weighted by Crippen LogP contribution is 2.10. The van der Waals surface area contributed by atoms with Crippen molar-refractivity contribution in [3.05, 3.63) is 0 Å². The molecule has 0 rings (SSSR count). The molecule has 0 bridgehead atoms. The van der Waals surface area contributed by atoms with E-state index in [0.29, 0.717) is 5.25 Å². The van der Waals surface area contributed by atoms with Gasteiger partial charge in [-0.25, -0.2) is 0 Å². The lowest BCUT2D eigenvalue weighted by Crippen LogP contribution is -2.04. The topological polar surface area (TPSA) is 0 Å². The van der Waals surface area contributed by atoms with Crippen molar-refractivity contribution in [1.29, 1.82) is 0 Å². The van der Waals surface area contributed by atoms with Gasteiger partial charge in [0.2, 0.25) is 0 Å². The minimum Gasteiger partial charge on any atom is -0.176 e. The summed E-state index contributed by atoms with van der Waals surface area (Å²) in [5.74, 6) is 0.730. The molecule has 0 aliphatic rings. The zero-order chi connectivity index (χ0) is 5.86. The van der Waals surface area contributed by atoms with Crippen LogP contribution >= 0.6 is 12.6 Å². The summed E-state index contributed by atoms with van der Waals surface area (Å²) in [5, 5.41) is 0.597. The Morgan fingerprint density at radius 1 is 1.43 bits per heavy atom. The lowest BCUT2D eigenvalue weighted by Gasteiger charge is -2.09. The van der Waals surface area contributed by atoms with Gasteiger partial charge in [-0.15, -0.1) is 0 Å². The first-order chi connectivity index (χ1) is 3.18. The second-order valence-electron chi connectivity index (χ2n) is 2.22. The highest BCUT2D eigenvalue weighted by Gasteiger charge is 2.02. The fourth-order valence-electron chi connectivity index (χ4n) is 0.471. The van der Waals surface area contributed by atoms with Crippen LogP contribution in [-0.4, -0.2) is 5.25 Å². The molecule has 0 unspecified atom stereocenters. The third-order valence-electron chi connectivity index (χ3n) is 1.19. The van der Waals surface area contributed by atoms with Gasteiger partial charge in [0.15, 0.2) is 0 Å². The largest absolute Gasteiger partial charge is 0.176 e. The summed E-state index contributed by atoms with van der Waals surface area (Å²) >= 11 is 4.32. The first-order valence-electron chi connectivity index (χ1n) is 2.86. The number of hydrogen-bond acceptors (Lipinski definition) is 1. The van der Waals surface area contributed by atoms with E-state index >= 15 is 0 Å². The van der Waals surface area contributed by atoms with Crippen LogP contribution < -0.4 is 0 Å². The van der Waals surface area contributed by atoms with E-state index in [-0.39, 0.29) is 0 Å². The van der Waals surface area contributed by atoms with Gasteiger partial charge < -0.3 is 0 Å². The summed E-state index contributed by atoms with van der Waals surface area (Å²) in [6.07, 6.45) is 1.18. The molecule has 0 fully saturated rings. The van der Waals surface area contributed by atoms with Crippen molar-refractivity contribution in [2.24, 2.45) is 5.92 Å². The van der Waals surface area contributed by atoms with E-state index in [1.165, 1.54) is 6.42 Å². The Hall–Kier alpha value is 0.350. The van der Waals surface area contributed by atoms with Crippen molar-refractivity contribution in [2.75, 3.05) is 0 Å². The zero-order valence-electron chi connectivity index (χ0n) is 5.31. The lowest BCUT2D eigenvalue weighted by atomic mass is 10.1. The van der Waals surface area contributed by atoms with Crippen LogP contribution in [0.4, 0.5) is 0 Å². The van der Waals surface area contributed by atoms with Crippen LogP contribution in [0.3, 0.4) is 0 Å². The molecule has 0 amide bonds. The maximum absolute atomic E-state index is 4.32. The highest BCUT2D eigenvalue weighted by molar-refractivity contribution is 7.80. The van der Waals surface area contributed by atoms with Crippen molar-refractivity contribution in [2.45, 2.75) is 32.4 Å². The molecule has 7 heavy (non-hydrogen) atoms. The number of rotatable bonds is 2. The van der Waals surface area contributed by atoms with Gasteiger partial charge in [-0.2, -0.15) is 12.6 Å². The highest BCUT2D eigenvalue weighted by atomic mass is 32.1. The van der Waals surface area contributed by atoms with E-state index in [1.807, 2.05) is 0 Å². The Bertz CT molecular complexity index is 41.4. The van der Waals surface area contributed by atoms with Gasteiger partial charge >= 0.3 is 0 Å². The second kappa shape index (κ2) is 3.36. The Labute approximate surface area is 51.7 Å². The third kappa shape index (κ3) is 2.98. The Morgan fingerprint density at radius 3 is 1.86 bits per heavy atom. The van der Waals surface area contributed by atoms with Gasteiger partial charge in [-0.1, -0.05) is 20.8 Å². The lowest BCUT2D eigenvalue weighted by molar-refractivity contribution is 0.597. The van der Waals surface area contributed by atoms with E-state index in [9.17, 15) is 0 Å². The van der Waals surface area contributed by atoms with Crippen molar-refractivity contribution in [1.82, 2.24) is 0 Å². The van der Waals surface area contributed by atoms with Crippen LogP contribution in [0.15, 0.2) is 0 Å². The van der Waals surface area contributed by atoms with Crippen LogP contribution in [0.2, 0.25) is 0 Å². The molecule has 1 atom stereocenters. The van der Waals surface area contributed by atoms with Crippen LogP contribution in [0.1, 0.15) is 27.2 Å². The minimum absolute atomic E-state index is 0.597. The Balaban J connectivity index is 3.14. The second-order valence-corrected chi connectivity index (χ2v) is 2.88. The van der Waals surface area contributed by atoms with Gasteiger partial charge in [0, 0.05) is 5.25 Å². The summed E-state index contributed by atoms with van der Waals surface area (Å²) in [4.78, 5) is 0. The monoisotopic (exact) mass is 118 g/mol. The molecule has 0 saturated carbocycles. The van der Waals surface area contributed by atoms with Crippen molar-refractivity contribution >= 4 is 12.6 Å². The summed E-state index contributed by atoms with van der Waals surface area (Å²) in [5.41, 5.74) is 0. The van der Waals surface area contributed by atoms with E-state index in [4.69, 9.17) is 0 Å². The Kier molecular flexibility index (Phi) is 3.53. The standard InChI is InChI=1S/C6H14S/c1-4-6(7)5(2)3/h5-7H,4H2,1-3H3/t6-/m1/s1. The summed E-state index contributed by atoms with van der Waals surface area (Å²) in [6.45, 7) is 6.56. The summed E-state index contributed by atoms with van der Waals surface area (Å²) in [7, 11) is 0. The van der Waals surface area contributed by atoms with Crippen LogP contribution in [-0.2, 0) is 0 Å². The van der Waals surface area contributed by atoms with E-state index in [2.05, 4.69) is 33.4 Å². The molecule has 0 spiro atoms. The molecule has 0 aliphatic heterocycles. The SMILES string of the molecule is CC[C@@H](S)C(C)C. The first kappa shape index (κ1) is 7.35. The van der Waals surface area contributed by atoms with Gasteiger partial charge in [0.1, 0.15) is 0 Å². The molecular weight excluding hydrogens is 104 g/mol. The molecule has 0 aromatic carbocycles. The fourth-order valence-corrected chi connectivity index (χ4v) is 0.471. The van der Waals surface area contributed by atoms with Gasteiger partial charge in [0.25, 0.3) is 0 Å². The van der Waals surface area contributed by atoms with Crippen LogP contribution in [0.5, 0.6) is 0 Å². The molecule has 0 heterocycles. The molecule has 0 saturated heterocycles. The van der Waals surface area contributed by atoms with Gasteiger partial charge in [0.05, 0.1) is 0 Å². The molecule has 0 aromatic rings. The van der Waals surface area contributed by atoms with E-state index < -0.39 is 0 Å².